The summed E-state index contributed by atoms with van der Waals surface area (Å²) >= 11 is 0. The molecule has 0 amide bonds. The second-order valence-electron chi connectivity index (χ2n) is 4.81. The average molecular weight is 201 g/mol. The minimum Gasteiger partial charge on any atom is -0.395 e. The van der Waals surface area contributed by atoms with Crippen molar-refractivity contribution < 1.29 is 10.2 Å². The third kappa shape index (κ3) is 3.23. The third-order valence-corrected chi connectivity index (χ3v) is 3.35. The van der Waals surface area contributed by atoms with E-state index in [9.17, 15) is 0 Å². The Balaban J connectivity index is 2.05. The van der Waals surface area contributed by atoms with Gasteiger partial charge in [0.15, 0.2) is 0 Å². The van der Waals surface area contributed by atoms with Gasteiger partial charge in [-0.2, -0.15) is 0 Å². The molecule has 0 atom stereocenters. The van der Waals surface area contributed by atoms with Gasteiger partial charge in [0.05, 0.1) is 19.3 Å². The van der Waals surface area contributed by atoms with E-state index in [1.165, 1.54) is 12.8 Å². The van der Waals surface area contributed by atoms with Crippen LogP contribution in [0.15, 0.2) is 0 Å². The van der Waals surface area contributed by atoms with Crippen LogP contribution in [0.25, 0.3) is 0 Å². The maximum Gasteiger partial charge on any atom is 0.0607 e. The van der Waals surface area contributed by atoms with Gasteiger partial charge in [0.25, 0.3) is 0 Å². The smallest absolute Gasteiger partial charge is 0.0607 e. The Kier molecular flexibility index (Phi) is 4.85. The Hall–Kier alpha value is -0.120. The van der Waals surface area contributed by atoms with E-state index in [2.05, 4.69) is 19.2 Å². The highest BCUT2D eigenvalue weighted by Crippen LogP contribution is 2.38. The van der Waals surface area contributed by atoms with Crippen LogP contribution in [0.1, 0.15) is 26.7 Å². The quantitative estimate of drug-likeness (QED) is 0.590. The van der Waals surface area contributed by atoms with Crippen molar-refractivity contribution in [2.45, 2.75) is 32.7 Å². The molecule has 0 aliphatic heterocycles. The minimum atomic E-state index is -0.131. The van der Waals surface area contributed by atoms with Gasteiger partial charge in [-0.05, 0) is 37.1 Å². The monoisotopic (exact) mass is 201 g/mol. The lowest BCUT2D eigenvalue weighted by molar-refractivity contribution is 0.118. The number of hydrogen-bond donors (Lipinski definition) is 3. The molecule has 3 nitrogen and oxygen atoms in total. The fraction of sp³-hybridized carbons (Fsp3) is 1.00. The number of aliphatic hydroxyl groups is 2. The summed E-state index contributed by atoms with van der Waals surface area (Å²) in [5, 5.41) is 20.9. The molecule has 84 valence electrons. The molecule has 1 rings (SSSR count). The van der Waals surface area contributed by atoms with Crippen molar-refractivity contribution in [1.82, 2.24) is 5.32 Å². The maximum absolute atomic E-state index is 8.85. The van der Waals surface area contributed by atoms with E-state index in [1.54, 1.807) is 0 Å². The first-order chi connectivity index (χ1) is 6.67. The Morgan fingerprint density at radius 1 is 1.21 bits per heavy atom. The summed E-state index contributed by atoms with van der Waals surface area (Å²) in [6.45, 7) is 5.54. The summed E-state index contributed by atoms with van der Waals surface area (Å²) in [6, 6.07) is -0.131. The van der Waals surface area contributed by atoms with E-state index in [1.807, 2.05) is 0 Å². The molecular formula is C11H23NO2. The van der Waals surface area contributed by atoms with E-state index in [0.29, 0.717) is 0 Å². The van der Waals surface area contributed by atoms with Crippen LogP contribution in [0.5, 0.6) is 0 Å². The van der Waals surface area contributed by atoms with Crippen molar-refractivity contribution in [1.29, 1.82) is 0 Å². The summed E-state index contributed by atoms with van der Waals surface area (Å²) in [7, 11) is 0. The molecule has 0 radical (unpaired) electrons. The van der Waals surface area contributed by atoms with Crippen molar-refractivity contribution in [2.24, 2.45) is 17.8 Å². The van der Waals surface area contributed by atoms with Crippen LogP contribution in [0.4, 0.5) is 0 Å². The number of aliphatic hydroxyl groups excluding tert-OH is 2. The Labute approximate surface area is 86.5 Å². The van der Waals surface area contributed by atoms with E-state index in [4.69, 9.17) is 10.2 Å². The third-order valence-electron chi connectivity index (χ3n) is 3.35. The molecular weight excluding hydrogens is 178 g/mol. The fourth-order valence-corrected chi connectivity index (χ4v) is 2.02. The molecule has 3 N–H and O–H groups in total. The molecule has 0 unspecified atom stereocenters. The van der Waals surface area contributed by atoms with Crippen molar-refractivity contribution in [3.8, 4) is 0 Å². The maximum atomic E-state index is 8.85. The van der Waals surface area contributed by atoms with Crippen molar-refractivity contribution in [3.63, 3.8) is 0 Å². The first-order valence-electron chi connectivity index (χ1n) is 5.62. The zero-order valence-corrected chi connectivity index (χ0v) is 9.24. The lowest BCUT2D eigenvalue weighted by Crippen LogP contribution is -2.42. The summed E-state index contributed by atoms with van der Waals surface area (Å²) in [5.41, 5.74) is 0. The highest BCUT2D eigenvalue weighted by molar-refractivity contribution is 4.83. The minimum absolute atomic E-state index is 0.0246. The van der Waals surface area contributed by atoms with Crippen LogP contribution in [0.2, 0.25) is 0 Å². The van der Waals surface area contributed by atoms with Crippen LogP contribution in [0.3, 0.4) is 0 Å². The highest BCUT2D eigenvalue weighted by atomic mass is 16.3. The van der Waals surface area contributed by atoms with Crippen LogP contribution < -0.4 is 5.32 Å². The summed E-state index contributed by atoms with van der Waals surface area (Å²) in [5.74, 6) is 2.45. The standard InChI is InChI=1S/C11H23NO2/c1-8(2)10-3-9(4-10)5-12-11(6-13)7-14/h8-14H,3-7H2,1-2H3/t9-,10+. The molecule has 0 saturated heterocycles. The van der Waals surface area contributed by atoms with Crippen molar-refractivity contribution in [3.05, 3.63) is 0 Å². The Morgan fingerprint density at radius 3 is 2.21 bits per heavy atom. The predicted molar refractivity (Wildman–Crippen MR) is 57.0 cm³/mol. The topological polar surface area (TPSA) is 52.5 Å². The predicted octanol–water partition coefficient (Wildman–Crippen LogP) is 0.611. The molecule has 1 saturated carbocycles. The molecule has 0 spiro atoms. The lowest BCUT2D eigenvalue weighted by Gasteiger charge is -2.38. The van der Waals surface area contributed by atoms with Crippen molar-refractivity contribution in [2.75, 3.05) is 19.8 Å². The van der Waals surface area contributed by atoms with Gasteiger partial charge in [0.2, 0.25) is 0 Å². The van der Waals surface area contributed by atoms with Gasteiger partial charge in [0.1, 0.15) is 0 Å². The van der Waals surface area contributed by atoms with Crippen LogP contribution in [-0.2, 0) is 0 Å². The van der Waals surface area contributed by atoms with Gasteiger partial charge >= 0.3 is 0 Å². The zero-order chi connectivity index (χ0) is 10.6. The molecule has 0 aromatic carbocycles. The lowest BCUT2D eigenvalue weighted by atomic mass is 9.69. The van der Waals surface area contributed by atoms with Gasteiger partial charge in [-0.25, -0.2) is 0 Å². The van der Waals surface area contributed by atoms with E-state index in [-0.39, 0.29) is 19.3 Å². The Bertz CT molecular complexity index is 151. The molecule has 0 heterocycles. The SMILES string of the molecule is CC(C)[C@H]1C[C@@H](CNC(CO)CO)C1. The molecule has 3 heteroatoms. The van der Waals surface area contributed by atoms with Crippen LogP contribution >= 0.6 is 0 Å². The molecule has 0 aromatic rings. The molecule has 1 aliphatic carbocycles. The van der Waals surface area contributed by atoms with Gasteiger partial charge in [-0.15, -0.1) is 0 Å². The largest absolute Gasteiger partial charge is 0.395 e. The molecule has 0 aromatic heterocycles. The second kappa shape index (κ2) is 5.69. The fourth-order valence-electron chi connectivity index (χ4n) is 2.02. The van der Waals surface area contributed by atoms with Gasteiger partial charge in [-0.3, -0.25) is 0 Å². The Morgan fingerprint density at radius 2 is 1.79 bits per heavy atom. The molecule has 14 heavy (non-hydrogen) atoms. The summed E-state index contributed by atoms with van der Waals surface area (Å²) < 4.78 is 0. The average Bonchev–Trinajstić information content (AvgIpc) is 2.08. The molecule has 1 aliphatic rings. The first kappa shape index (κ1) is 12.0. The normalized spacial score (nSPS) is 27.0. The van der Waals surface area contributed by atoms with E-state index < -0.39 is 0 Å². The zero-order valence-electron chi connectivity index (χ0n) is 9.24. The number of nitrogens with one attached hydrogen (secondary N) is 1. The van der Waals surface area contributed by atoms with E-state index >= 15 is 0 Å². The van der Waals surface area contributed by atoms with Gasteiger partial charge < -0.3 is 15.5 Å². The van der Waals surface area contributed by atoms with Gasteiger partial charge in [0, 0.05) is 0 Å². The molecule has 1 fully saturated rings. The van der Waals surface area contributed by atoms with Crippen LogP contribution in [-0.4, -0.2) is 36.0 Å². The second-order valence-corrected chi connectivity index (χ2v) is 4.81. The highest BCUT2D eigenvalue weighted by Gasteiger charge is 2.30. The van der Waals surface area contributed by atoms with Crippen LogP contribution in [0, 0.1) is 17.8 Å². The summed E-state index contributed by atoms with van der Waals surface area (Å²) in [4.78, 5) is 0. The van der Waals surface area contributed by atoms with Gasteiger partial charge in [-0.1, -0.05) is 13.8 Å². The summed E-state index contributed by atoms with van der Waals surface area (Å²) in [6.07, 6.45) is 2.60. The van der Waals surface area contributed by atoms with Crippen molar-refractivity contribution >= 4 is 0 Å². The van der Waals surface area contributed by atoms with E-state index in [0.717, 1.165) is 24.3 Å². The number of rotatable bonds is 6. The number of hydrogen-bond acceptors (Lipinski definition) is 3. The first-order valence-corrected chi connectivity index (χ1v) is 5.62. The molecule has 0 bridgehead atoms.